The molecule has 1 aromatic rings. The molecule has 0 bridgehead atoms. The lowest BCUT2D eigenvalue weighted by Crippen LogP contribution is -2.32. The first-order valence-corrected chi connectivity index (χ1v) is 14.8. The smallest absolute Gasteiger partial charge is 0.303 e. The van der Waals surface area contributed by atoms with E-state index >= 15 is 0 Å². The Balaban J connectivity index is 1.47. The van der Waals surface area contributed by atoms with Gasteiger partial charge in [0.1, 0.15) is 18.5 Å². The second-order valence-electron chi connectivity index (χ2n) is 10.7. The molecule has 0 aromatic heterocycles. The van der Waals surface area contributed by atoms with E-state index < -0.39 is 12.1 Å². The quantitative estimate of drug-likeness (QED) is 0.232. The molecule has 0 radical (unpaired) electrons. The zero-order chi connectivity index (χ0) is 28.0. The molecule has 3 aliphatic rings. The van der Waals surface area contributed by atoms with Crippen molar-refractivity contribution in [2.45, 2.75) is 95.1 Å². The largest absolute Gasteiger partial charge is 0.491 e. The highest BCUT2D eigenvalue weighted by Gasteiger charge is 2.42. The molecule has 0 spiro atoms. The van der Waals surface area contributed by atoms with E-state index in [2.05, 4.69) is 11.8 Å². The third-order valence-corrected chi connectivity index (χ3v) is 7.65. The van der Waals surface area contributed by atoms with Crippen LogP contribution in [0, 0.1) is 11.8 Å². The third-order valence-electron chi connectivity index (χ3n) is 7.65. The molecule has 2 saturated heterocycles. The van der Waals surface area contributed by atoms with Crippen molar-refractivity contribution in [3.8, 4) is 5.75 Å². The van der Waals surface area contributed by atoms with Crippen LogP contribution >= 0.6 is 0 Å². The maximum absolute atomic E-state index is 11.0. The summed E-state index contributed by atoms with van der Waals surface area (Å²) in [6, 6.07) is 9.68. The molecule has 5 unspecified atom stereocenters. The van der Waals surface area contributed by atoms with Gasteiger partial charge in [-0.25, -0.2) is 0 Å². The molecule has 8 heteroatoms. The molecular formula is C32H44O8. The number of carboxylic acids is 1. The van der Waals surface area contributed by atoms with E-state index in [1.54, 1.807) is 6.08 Å². The SMILES string of the molecule is O=C(O)CCC=C=CC[C@H]1C(O)CC(OC2CCCCO2)[C@@H]1/C=C/C(COc1ccccc1)OC1CCCCO1. The van der Waals surface area contributed by atoms with Crippen LogP contribution < -0.4 is 4.74 Å². The van der Waals surface area contributed by atoms with E-state index in [1.807, 2.05) is 42.5 Å². The van der Waals surface area contributed by atoms with Gasteiger partial charge in [0, 0.05) is 32.0 Å². The molecule has 1 saturated carbocycles. The van der Waals surface area contributed by atoms with E-state index in [1.165, 1.54) is 0 Å². The van der Waals surface area contributed by atoms with Gasteiger partial charge in [-0.2, -0.15) is 0 Å². The summed E-state index contributed by atoms with van der Waals surface area (Å²) in [5, 5.41) is 19.9. The normalized spacial score (nSPS) is 29.5. The molecule has 2 aliphatic heterocycles. The van der Waals surface area contributed by atoms with Crippen LogP contribution in [0.4, 0.5) is 0 Å². The van der Waals surface area contributed by atoms with Gasteiger partial charge in [-0.1, -0.05) is 30.4 Å². The number of hydrogen-bond acceptors (Lipinski definition) is 7. The first-order valence-electron chi connectivity index (χ1n) is 14.8. The average molecular weight is 557 g/mol. The average Bonchev–Trinajstić information content (AvgIpc) is 3.26. The van der Waals surface area contributed by atoms with Crippen molar-refractivity contribution < 1.29 is 38.7 Å². The maximum Gasteiger partial charge on any atom is 0.303 e. The Bertz CT molecular complexity index is 960. The Kier molecular flexibility index (Phi) is 12.8. The van der Waals surface area contributed by atoms with Gasteiger partial charge in [-0.3, -0.25) is 4.79 Å². The summed E-state index contributed by atoms with van der Waals surface area (Å²) in [4.78, 5) is 10.8. The summed E-state index contributed by atoms with van der Waals surface area (Å²) in [5.74, 6) is -0.190. The van der Waals surface area contributed by atoms with Crippen LogP contribution in [0.15, 0.2) is 60.4 Å². The molecule has 7 atom stereocenters. The number of aliphatic hydroxyl groups is 1. The monoisotopic (exact) mass is 556 g/mol. The van der Waals surface area contributed by atoms with Crippen molar-refractivity contribution in [1.29, 1.82) is 0 Å². The van der Waals surface area contributed by atoms with Gasteiger partial charge in [0.05, 0.1) is 12.2 Å². The number of hydrogen-bond donors (Lipinski definition) is 2. The minimum Gasteiger partial charge on any atom is -0.491 e. The van der Waals surface area contributed by atoms with E-state index in [4.69, 9.17) is 28.8 Å². The number of para-hydroxylation sites is 1. The van der Waals surface area contributed by atoms with Crippen LogP contribution in [-0.4, -0.2) is 66.9 Å². The molecule has 40 heavy (non-hydrogen) atoms. The van der Waals surface area contributed by atoms with Crippen LogP contribution in [0.3, 0.4) is 0 Å². The predicted molar refractivity (Wildman–Crippen MR) is 150 cm³/mol. The molecule has 220 valence electrons. The van der Waals surface area contributed by atoms with Gasteiger partial charge in [-0.15, -0.1) is 5.73 Å². The predicted octanol–water partition coefficient (Wildman–Crippen LogP) is 5.41. The Morgan fingerprint density at radius 3 is 2.50 bits per heavy atom. The summed E-state index contributed by atoms with van der Waals surface area (Å²) in [6.07, 6.45) is 13.7. The fourth-order valence-electron chi connectivity index (χ4n) is 5.51. The van der Waals surface area contributed by atoms with Gasteiger partial charge >= 0.3 is 5.97 Å². The van der Waals surface area contributed by atoms with Crippen molar-refractivity contribution >= 4 is 5.97 Å². The number of benzene rings is 1. The van der Waals surface area contributed by atoms with E-state index in [0.29, 0.717) is 39.1 Å². The van der Waals surface area contributed by atoms with Crippen molar-refractivity contribution in [1.82, 2.24) is 0 Å². The van der Waals surface area contributed by atoms with Gasteiger partial charge < -0.3 is 33.9 Å². The molecule has 1 aromatic carbocycles. The fourth-order valence-corrected chi connectivity index (χ4v) is 5.51. The molecule has 4 rings (SSSR count). The second kappa shape index (κ2) is 16.7. The Labute approximate surface area is 237 Å². The summed E-state index contributed by atoms with van der Waals surface area (Å²) >= 11 is 0. The topological polar surface area (TPSA) is 104 Å². The molecule has 8 nitrogen and oxygen atoms in total. The number of rotatable bonds is 14. The zero-order valence-corrected chi connectivity index (χ0v) is 23.3. The van der Waals surface area contributed by atoms with Gasteiger partial charge in [0.15, 0.2) is 12.6 Å². The highest BCUT2D eigenvalue weighted by molar-refractivity contribution is 5.66. The van der Waals surface area contributed by atoms with Gasteiger partial charge in [-0.05, 0) is 81.6 Å². The van der Waals surface area contributed by atoms with Crippen LogP contribution in [0.25, 0.3) is 0 Å². The number of aliphatic carboxylic acids is 1. The summed E-state index contributed by atoms with van der Waals surface area (Å²) in [7, 11) is 0. The minimum atomic E-state index is -0.828. The molecular weight excluding hydrogens is 512 g/mol. The Morgan fingerprint density at radius 2 is 1.80 bits per heavy atom. The number of ether oxygens (including phenoxy) is 5. The van der Waals surface area contributed by atoms with E-state index in [0.717, 1.165) is 44.3 Å². The number of carbonyl (C=O) groups is 1. The van der Waals surface area contributed by atoms with Gasteiger partial charge in [0.25, 0.3) is 0 Å². The second-order valence-corrected chi connectivity index (χ2v) is 10.7. The van der Waals surface area contributed by atoms with Crippen LogP contribution in [-0.2, 0) is 23.7 Å². The van der Waals surface area contributed by atoms with E-state index in [9.17, 15) is 9.90 Å². The van der Waals surface area contributed by atoms with Crippen molar-refractivity contribution in [2.24, 2.45) is 11.8 Å². The Hall–Kier alpha value is -2.45. The fraction of sp³-hybridized carbons (Fsp3) is 0.625. The van der Waals surface area contributed by atoms with Crippen molar-refractivity contribution in [3.05, 3.63) is 60.4 Å². The summed E-state index contributed by atoms with van der Waals surface area (Å²) < 4.78 is 30.5. The molecule has 0 amide bonds. The highest BCUT2D eigenvalue weighted by atomic mass is 16.7. The number of allylic oxidation sites excluding steroid dienone is 1. The lowest BCUT2D eigenvalue weighted by molar-refractivity contribution is -0.193. The first-order chi connectivity index (χ1) is 19.6. The van der Waals surface area contributed by atoms with E-state index in [-0.39, 0.29) is 43.0 Å². The lowest BCUT2D eigenvalue weighted by atomic mass is 9.89. The lowest BCUT2D eigenvalue weighted by Gasteiger charge is -2.29. The van der Waals surface area contributed by atoms with Crippen molar-refractivity contribution in [3.63, 3.8) is 0 Å². The summed E-state index contributed by atoms with van der Waals surface area (Å²) in [5.41, 5.74) is 3.09. The van der Waals surface area contributed by atoms with Crippen molar-refractivity contribution in [2.75, 3.05) is 19.8 Å². The molecule has 3 fully saturated rings. The molecule has 2 N–H and O–H groups in total. The minimum absolute atomic E-state index is 0.0623. The molecule has 1 aliphatic carbocycles. The van der Waals surface area contributed by atoms with Crippen LogP contribution in [0.1, 0.15) is 64.2 Å². The molecule has 2 heterocycles. The summed E-state index contributed by atoms with van der Waals surface area (Å²) in [6.45, 7) is 1.73. The maximum atomic E-state index is 11.0. The third kappa shape index (κ3) is 10.2. The van der Waals surface area contributed by atoms with Crippen LogP contribution in [0.5, 0.6) is 5.75 Å². The Morgan fingerprint density at radius 1 is 1.05 bits per heavy atom. The van der Waals surface area contributed by atoms with Gasteiger partial charge in [0.2, 0.25) is 0 Å². The zero-order valence-electron chi connectivity index (χ0n) is 23.3. The highest BCUT2D eigenvalue weighted by Crippen LogP contribution is 2.39. The number of carboxylic acid groups (broad SMARTS) is 1. The standard InChI is InChI=1S/C32H44O8/c33-28-22-29(40-32-17-9-11-21-37-32)27(26(28)14-6-1-2-7-15-30(34)35)19-18-25(39-31-16-8-10-20-36-31)23-38-24-12-4-3-5-13-24/h2-6,12-13,18-19,25-29,31-33H,7-11,14-17,20-23H2,(H,34,35)/b19-18+/t1?,25?,26-,27-,28?,29?,31?,32?/m1/s1. The first kappa shape index (κ1) is 30.5. The van der Waals surface area contributed by atoms with Crippen LogP contribution in [0.2, 0.25) is 0 Å². The number of aliphatic hydroxyl groups excluding tert-OH is 1.